The number of carbonyl (C=O) groups is 1. The summed E-state index contributed by atoms with van der Waals surface area (Å²) in [6.07, 6.45) is 2.27. The van der Waals surface area contributed by atoms with Crippen LogP contribution in [0.2, 0.25) is 0 Å². The Hall–Kier alpha value is -3.29. The van der Waals surface area contributed by atoms with Crippen molar-refractivity contribution in [2.45, 2.75) is 26.3 Å². The molecule has 8 nitrogen and oxygen atoms in total. The molecule has 148 valence electrons. The van der Waals surface area contributed by atoms with Gasteiger partial charge in [0.2, 0.25) is 11.7 Å². The predicted octanol–water partition coefficient (Wildman–Crippen LogP) is 3.86. The number of rotatable bonds is 8. The van der Waals surface area contributed by atoms with Crippen molar-refractivity contribution in [1.82, 2.24) is 15.5 Å². The van der Waals surface area contributed by atoms with Gasteiger partial charge in [0.1, 0.15) is 6.04 Å². The van der Waals surface area contributed by atoms with E-state index < -0.39 is 6.04 Å². The third-order valence-corrected chi connectivity index (χ3v) is 4.59. The van der Waals surface area contributed by atoms with Crippen molar-refractivity contribution in [2.24, 2.45) is 5.92 Å². The smallest absolute Gasteiger partial charge is 0.287 e. The Kier molecular flexibility index (Phi) is 5.98. The molecule has 0 saturated carbocycles. The van der Waals surface area contributed by atoms with Gasteiger partial charge in [0, 0.05) is 5.56 Å². The number of methoxy groups -OCH3 is 2. The summed E-state index contributed by atoms with van der Waals surface area (Å²) in [6.45, 7) is 4.04. The summed E-state index contributed by atoms with van der Waals surface area (Å²) < 4.78 is 21.2. The fourth-order valence-electron chi connectivity index (χ4n) is 2.76. The van der Waals surface area contributed by atoms with E-state index in [0.717, 1.165) is 6.42 Å². The number of amides is 1. The average Bonchev–Trinajstić information content (AvgIpc) is 3.43. The van der Waals surface area contributed by atoms with E-state index in [0.29, 0.717) is 28.8 Å². The SMILES string of the molecule is CC[C@@H](C)[C@@H](NC(=O)c1ccco1)c1nc(-c2ccc(OC)c(OC)c2)no1. The zero-order chi connectivity index (χ0) is 20.1. The summed E-state index contributed by atoms with van der Waals surface area (Å²) in [7, 11) is 3.13. The molecule has 2 aromatic heterocycles. The molecule has 0 unspecified atom stereocenters. The van der Waals surface area contributed by atoms with Crippen molar-refractivity contribution < 1.29 is 23.2 Å². The molecule has 1 N–H and O–H groups in total. The second-order valence-electron chi connectivity index (χ2n) is 6.34. The van der Waals surface area contributed by atoms with Crippen molar-refractivity contribution in [2.75, 3.05) is 14.2 Å². The first-order valence-electron chi connectivity index (χ1n) is 8.97. The Morgan fingerprint density at radius 1 is 1.21 bits per heavy atom. The van der Waals surface area contributed by atoms with Gasteiger partial charge in [-0.3, -0.25) is 4.79 Å². The molecule has 0 aliphatic carbocycles. The highest BCUT2D eigenvalue weighted by atomic mass is 16.5. The number of aromatic nitrogens is 2. The van der Waals surface area contributed by atoms with Gasteiger partial charge in [0.25, 0.3) is 5.91 Å². The van der Waals surface area contributed by atoms with Crippen LogP contribution in [0.3, 0.4) is 0 Å². The molecule has 0 radical (unpaired) electrons. The lowest BCUT2D eigenvalue weighted by atomic mass is 9.99. The minimum absolute atomic E-state index is 0.0811. The molecule has 1 amide bonds. The molecule has 8 heteroatoms. The number of ether oxygens (including phenoxy) is 2. The van der Waals surface area contributed by atoms with Crippen LogP contribution in [0, 0.1) is 5.92 Å². The molecule has 3 rings (SSSR count). The maximum absolute atomic E-state index is 12.4. The Bertz CT molecular complexity index is 920. The number of nitrogens with zero attached hydrogens (tertiary/aromatic N) is 2. The van der Waals surface area contributed by atoms with E-state index in [1.54, 1.807) is 38.5 Å². The zero-order valence-corrected chi connectivity index (χ0v) is 16.3. The number of hydrogen-bond donors (Lipinski definition) is 1. The first kappa shape index (κ1) is 19.5. The van der Waals surface area contributed by atoms with Gasteiger partial charge < -0.3 is 23.7 Å². The fourth-order valence-corrected chi connectivity index (χ4v) is 2.76. The van der Waals surface area contributed by atoms with Gasteiger partial charge >= 0.3 is 0 Å². The van der Waals surface area contributed by atoms with Crippen LogP contribution < -0.4 is 14.8 Å². The van der Waals surface area contributed by atoms with E-state index in [2.05, 4.69) is 15.5 Å². The maximum atomic E-state index is 12.4. The summed E-state index contributed by atoms with van der Waals surface area (Å²) in [6, 6.07) is 8.18. The van der Waals surface area contributed by atoms with E-state index in [1.165, 1.54) is 6.26 Å². The van der Waals surface area contributed by atoms with Crippen LogP contribution in [0.25, 0.3) is 11.4 Å². The molecular formula is C20H23N3O5. The van der Waals surface area contributed by atoms with E-state index in [4.69, 9.17) is 18.4 Å². The summed E-state index contributed by atoms with van der Waals surface area (Å²) in [5.41, 5.74) is 0.716. The standard InChI is InChI=1S/C20H23N3O5/c1-5-12(2)17(21-19(24)15-7-6-10-27-15)20-22-18(23-28-20)13-8-9-14(25-3)16(11-13)26-4/h6-12,17H,5H2,1-4H3,(H,21,24)/t12-,17-/m1/s1. The first-order valence-corrected chi connectivity index (χ1v) is 8.97. The van der Waals surface area contributed by atoms with Gasteiger partial charge in [-0.1, -0.05) is 25.4 Å². The van der Waals surface area contributed by atoms with Crippen LogP contribution in [0.4, 0.5) is 0 Å². The average molecular weight is 385 g/mol. The topological polar surface area (TPSA) is 99.6 Å². The number of hydrogen-bond acceptors (Lipinski definition) is 7. The van der Waals surface area contributed by atoms with Crippen molar-refractivity contribution in [3.63, 3.8) is 0 Å². The van der Waals surface area contributed by atoms with Gasteiger partial charge in [0.05, 0.1) is 20.5 Å². The molecule has 28 heavy (non-hydrogen) atoms. The van der Waals surface area contributed by atoms with E-state index in [1.807, 2.05) is 19.9 Å². The quantitative estimate of drug-likeness (QED) is 0.628. The van der Waals surface area contributed by atoms with Gasteiger partial charge in [-0.15, -0.1) is 0 Å². The van der Waals surface area contributed by atoms with Gasteiger partial charge in [-0.05, 0) is 36.2 Å². The predicted molar refractivity (Wildman–Crippen MR) is 101 cm³/mol. The summed E-state index contributed by atoms with van der Waals surface area (Å²) in [4.78, 5) is 16.9. The number of furan rings is 1. The minimum atomic E-state index is -0.441. The molecular weight excluding hydrogens is 362 g/mol. The summed E-state index contributed by atoms with van der Waals surface area (Å²) in [5.74, 6) is 1.89. The lowest BCUT2D eigenvalue weighted by Gasteiger charge is -2.20. The monoisotopic (exact) mass is 385 g/mol. The van der Waals surface area contributed by atoms with Crippen LogP contribution >= 0.6 is 0 Å². The molecule has 2 atom stereocenters. The maximum Gasteiger partial charge on any atom is 0.287 e. The van der Waals surface area contributed by atoms with Crippen LogP contribution in [-0.4, -0.2) is 30.3 Å². The highest BCUT2D eigenvalue weighted by Gasteiger charge is 2.27. The largest absolute Gasteiger partial charge is 0.493 e. The molecule has 2 heterocycles. The van der Waals surface area contributed by atoms with Crippen LogP contribution in [0.5, 0.6) is 11.5 Å². The number of nitrogens with one attached hydrogen (secondary N) is 1. The third kappa shape index (κ3) is 4.00. The summed E-state index contributed by atoms with van der Waals surface area (Å²) >= 11 is 0. The molecule has 0 aliphatic rings. The van der Waals surface area contributed by atoms with Crippen molar-refractivity contribution in [3.05, 3.63) is 48.2 Å². The number of benzene rings is 1. The van der Waals surface area contributed by atoms with Crippen molar-refractivity contribution in [1.29, 1.82) is 0 Å². The molecule has 0 aliphatic heterocycles. The molecule has 1 aromatic carbocycles. The van der Waals surface area contributed by atoms with Gasteiger partial charge in [-0.2, -0.15) is 4.98 Å². The van der Waals surface area contributed by atoms with Crippen LogP contribution in [0.1, 0.15) is 42.8 Å². The second-order valence-corrected chi connectivity index (χ2v) is 6.34. The van der Waals surface area contributed by atoms with E-state index in [9.17, 15) is 4.79 Å². The normalized spacial score (nSPS) is 13.0. The number of carbonyl (C=O) groups excluding carboxylic acids is 1. The lowest BCUT2D eigenvalue weighted by Crippen LogP contribution is -2.32. The van der Waals surface area contributed by atoms with Gasteiger partial charge in [-0.25, -0.2) is 0 Å². The van der Waals surface area contributed by atoms with Crippen molar-refractivity contribution in [3.8, 4) is 22.9 Å². The van der Waals surface area contributed by atoms with E-state index in [-0.39, 0.29) is 17.6 Å². The Morgan fingerprint density at radius 2 is 2.00 bits per heavy atom. The Labute approximate surface area is 162 Å². The minimum Gasteiger partial charge on any atom is -0.493 e. The fraction of sp³-hybridized carbons (Fsp3) is 0.350. The highest BCUT2D eigenvalue weighted by Crippen LogP contribution is 2.32. The lowest BCUT2D eigenvalue weighted by molar-refractivity contribution is 0.0882. The Balaban J connectivity index is 1.87. The van der Waals surface area contributed by atoms with Gasteiger partial charge in [0.15, 0.2) is 17.3 Å². The first-order chi connectivity index (χ1) is 13.6. The zero-order valence-electron chi connectivity index (χ0n) is 16.3. The van der Waals surface area contributed by atoms with Crippen LogP contribution in [-0.2, 0) is 0 Å². The molecule has 0 fully saturated rings. The van der Waals surface area contributed by atoms with Crippen LogP contribution in [0.15, 0.2) is 45.5 Å². The molecule has 3 aromatic rings. The highest BCUT2D eigenvalue weighted by molar-refractivity contribution is 5.91. The van der Waals surface area contributed by atoms with E-state index >= 15 is 0 Å². The third-order valence-electron chi connectivity index (χ3n) is 4.59. The Morgan fingerprint density at radius 3 is 2.64 bits per heavy atom. The molecule has 0 saturated heterocycles. The van der Waals surface area contributed by atoms with Crippen molar-refractivity contribution >= 4 is 5.91 Å². The molecule has 0 spiro atoms. The molecule has 0 bridgehead atoms. The second kappa shape index (κ2) is 8.60. The summed E-state index contributed by atoms with van der Waals surface area (Å²) in [5, 5.41) is 6.99.